The third-order valence-electron chi connectivity index (χ3n) is 6.15. The molecule has 0 aromatic heterocycles. The Hall–Kier alpha value is -3.24. The van der Waals surface area contributed by atoms with Crippen LogP contribution in [0.4, 0.5) is 23.7 Å². The summed E-state index contributed by atoms with van der Waals surface area (Å²) in [5, 5.41) is 3.98. The Morgan fingerprint density at radius 2 is 1.94 bits per heavy atom. The molecular formula is C23H27F3N4O4. The number of hydrazone groups is 1. The number of ether oxygens (including phenoxy) is 2. The number of nitrogens with zero attached hydrogens (tertiary/aromatic N) is 3. The van der Waals surface area contributed by atoms with E-state index in [9.17, 15) is 22.8 Å². The Balaban J connectivity index is 1.70. The number of anilines is 1. The van der Waals surface area contributed by atoms with E-state index in [1.54, 1.807) is 39.5 Å². The lowest BCUT2D eigenvalue weighted by Gasteiger charge is -2.49. The number of hydrogen-bond donors (Lipinski definition) is 1. The van der Waals surface area contributed by atoms with E-state index < -0.39 is 34.9 Å². The largest absolute Gasteiger partial charge is 0.483 e. The van der Waals surface area contributed by atoms with Gasteiger partial charge in [0.25, 0.3) is 5.91 Å². The van der Waals surface area contributed by atoms with Gasteiger partial charge in [-0.25, -0.2) is 10.2 Å². The van der Waals surface area contributed by atoms with Crippen LogP contribution in [0.2, 0.25) is 0 Å². The highest BCUT2D eigenvalue weighted by atomic mass is 19.4. The third kappa shape index (κ3) is 4.07. The maximum Gasteiger partial charge on any atom is 0.417 e. The number of amides is 2. The van der Waals surface area contributed by atoms with Gasteiger partial charge in [0.05, 0.1) is 11.3 Å². The Kier molecular flexibility index (Phi) is 5.37. The van der Waals surface area contributed by atoms with Gasteiger partial charge >= 0.3 is 12.3 Å². The molecule has 1 saturated heterocycles. The average Bonchev–Trinajstić information content (AvgIpc) is 2.70. The summed E-state index contributed by atoms with van der Waals surface area (Å²) in [5.74, 6) is 0.0243. The number of fused-ring (bicyclic) bond motifs is 3. The normalized spacial score (nSPS) is 21.4. The lowest BCUT2D eigenvalue weighted by atomic mass is 9.72. The Morgan fingerprint density at radius 3 is 2.53 bits per heavy atom. The van der Waals surface area contributed by atoms with E-state index >= 15 is 0 Å². The zero-order valence-electron chi connectivity index (χ0n) is 19.7. The van der Waals surface area contributed by atoms with Crippen LogP contribution in [0.25, 0.3) is 5.57 Å². The standard InChI is InChI=1S/C23H27F3N4O4/c1-12(22(6)10-29(11-22)20(32)34-21(3,4)5)14-7-16-17(8-15(14)23(24,25)26)33-9-18-27-28-19(31)13(2)30(16)18/h7-8,13H,1,9-11H2,2-6H3,(H,28,31)/t13-/m0/s1. The molecule has 3 aliphatic rings. The van der Waals surface area contributed by atoms with Crippen LogP contribution < -0.4 is 15.1 Å². The van der Waals surface area contributed by atoms with E-state index in [4.69, 9.17) is 9.47 Å². The van der Waals surface area contributed by atoms with Crippen molar-refractivity contribution in [3.63, 3.8) is 0 Å². The summed E-state index contributed by atoms with van der Waals surface area (Å²) in [4.78, 5) is 27.5. The van der Waals surface area contributed by atoms with E-state index in [1.165, 1.54) is 11.0 Å². The first-order chi connectivity index (χ1) is 15.6. The van der Waals surface area contributed by atoms with Crippen LogP contribution in [0.1, 0.15) is 45.7 Å². The Bertz CT molecular complexity index is 1100. The number of hydrogen-bond acceptors (Lipinski definition) is 6. The smallest absolute Gasteiger partial charge is 0.417 e. The molecule has 3 aliphatic heterocycles. The quantitative estimate of drug-likeness (QED) is 0.692. The zero-order valence-corrected chi connectivity index (χ0v) is 19.7. The second kappa shape index (κ2) is 7.64. The van der Waals surface area contributed by atoms with Crippen molar-refractivity contribution < 1.29 is 32.2 Å². The number of likely N-dealkylation sites (tertiary alicyclic amines) is 1. The van der Waals surface area contributed by atoms with Crippen molar-refractivity contribution in [1.29, 1.82) is 0 Å². The van der Waals surface area contributed by atoms with Crippen molar-refractivity contribution in [1.82, 2.24) is 10.3 Å². The van der Waals surface area contributed by atoms with Gasteiger partial charge in [0.1, 0.15) is 24.0 Å². The molecule has 0 radical (unpaired) electrons. The molecule has 34 heavy (non-hydrogen) atoms. The molecular weight excluding hydrogens is 453 g/mol. The molecule has 0 aliphatic carbocycles. The molecule has 1 atom stereocenters. The Morgan fingerprint density at radius 1 is 1.29 bits per heavy atom. The molecule has 11 heteroatoms. The summed E-state index contributed by atoms with van der Waals surface area (Å²) in [7, 11) is 0. The van der Waals surface area contributed by atoms with Crippen molar-refractivity contribution in [3.8, 4) is 5.75 Å². The van der Waals surface area contributed by atoms with Crippen molar-refractivity contribution in [2.75, 3.05) is 24.6 Å². The maximum absolute atomic E-state index is 14.1. The number of benzene rings is 1. The molecule has 184 valence electrons. The number of carbonyl (C=O) groups is 2. The predicted octanol–water partition coefficient (Wildman–Crippen LogP) is 4.01. The summed E-state index contributed by atoms with van der Waals surface area (Å²) >= 11 is 0. The average molecular weight is 480 g/mol. The molecule has 4 rings (SSSR count). The number of nitrogens with one attached hydrogen (secondary N) is 1. The van der Waals surface area contributed by atoms with Gasteiger partial charge < -0.3 is 19.3 Å². The third-order valence-corrected chi connectivity index (χ3v) is 6.15. The second-order valence-corrected chi connectivity index (χ2v) is 10.1. The minimum atomic E-state index is -4.67. The second-order valence-electron chi connectivity index (χ2n) is 10.1. The van der Waals surface area contributed by atoms with Gasteiger partial charge in [-0.05, 0) is 51.0 Å². The first-order valence-electron chi connectivity index (χ1n) is 10.8. The van der Waals surface area contributed by atoms with Crippen molar-refractivity contribution in [2.24, 2.45) is 10.5 Å². The molecule has 0 unspecified atom stereocenters. The molecule has 0 saturated carbocycles. The van der Waals surface area contributed by atoms with Crippen LogP contribution in [0.15, 0.2) is 23.8 Å². The minimum Gasteiger partial charge on any atom is -0.483 e. The van der Waals surface area contributed by atoms with E-state index in [2.05, 4.69) is 17.1 Å². The fourth-order valence-corrected chi connectivity index (χ4v) is 4.32. The number of amidine groups is 1. The highest BCUT2D eigenvalue weighted by Crippen LogP contribution is 2.49. The van der Waals surface area contributed by atoms with Gasteiger partial charge in [-0.1, -0.05) is 13.5 Å². The highest BCUT2D eigenvalue weighted by Gasteiger charge is 2.48. The zero-order chi connectivity index (χ0) is 25.2. The molecule has 0 bridgehead atoms. The number of rotatable bonds is 2. The molecule has 2 amide bonds. The van der Waals surface area contributed by atoms with Gasteiger partial charge in [-0.15, -0.1) is 0 Å². The van der Waals surface area contributed by atoms with E-state index in [0.717, 1.165) is 6.07 Å². The Labute approximate surface area is 195 Å². The van der Waals surface area contributed by atoms with Crippen LogP contribution >= 0.6 is 0 Å². The number of alkyl halides is 3. The highest BCUT2D eigenvalue weighted by molar-refractivity contribution is 6.09. The lowest BCUT2D eigenvalue weighted by molar-refractivity contribution is -0.138. The monoisotopic (exact) mass is 480 g/mol. The first kappa shape index (κ1) is 23.9. The SMILES string of the molecule is C=C(c1cc2c(cc1C(F)(F)F)OCC1=NNC(=O)[C@H](C)N12)C1(C)CN(C(=O)OC(C)(C)C)C1. The summed E-state index contributed by atoms with van der Waals surface area (Å²) < 4.78 is 53.1. The fraction of sp³-hybridized carbons (Fsp3) is 0.522. The van der Waals surface area contributed by atoms with Gasteiger partial charge in [0.15, 0.2) is 5.84 Å². The summed E-state index contributed by atoms with van der Waals surface area (Å²) in [6.07, 6.45) is -5.19. The molecule has 1 aromatic rings. The molecule has 3 heterocycles. The molecule has 1 fully saturated rings. The van der Waals surface area contributed by atoms with Gasteiger partial charge in [-0.2, -0.15) is 18.3 Å². The van der Waals surface area contributed by atoms with Gasteiger partial charge in [0, 0.05) is 18.5 Å². The molecule has 1 aromatic carbocycles. The van der Waals surface area contributed by atoms with Gasteiger partial charge in [-0.3, -0.25) is 4.79 Å². The van der Waals surface area contributed by atoms with Crippen LogP contribution in [0.3, 0.4) is 0 Å². The maximum atomic E-state index is 14.1. The van der Waals surface area contributed by atoms with Crippen molar-refractivity contribution in [3.05, 3.63) is 29.8 Å². The van der Waals surface area contributed by atoms with E-state index in [0.29, 0.717) is 11.5 Å². The van der Waals surface area contributed by atoms with Crippen LogP contribution in [-0.2, 0) is 15.7 Å². The molecule has 8 nitrogen and oxygen atoms in total. The minimum absolute atomic E-state index is 0.0125. The predicted molar refractivity (Wildman–Crippen MR) is 119 cm³/mol. The lowest BCUT2D eigenvalue weighted by Crippen LogP contribution is -2.58. The number of carbonyl (C=O) groups excluding carboxylic acids is 2. The van der Waals surface area contributed by atoms with Crippen LogP contribution in [0.5, 0.6) is 5.75 Å². The summed E-state index contributed by atoms with van der Waals surface area (Å²) in [6, 6.07) is 1.61. The van der Waals surface area contributed by atoms with Crippen LogP contribution in [-0.4, -0.2) is 54.1 Å². The van der Waals surface area contributed by atoms with Crippen LogP contribution in [0, 0.1) is 5.41 Å². The van der Waals surface area contributed by atoms with Crippen molar-refractivity contribution in [2.45, 2.75) is 52.4 Å². The van der Waals surface area contributed by atoms with Crippen molar-refractivity contribution >= 4 is 29.1 Å². The van der Waals surface area contributed by atoms with E-state index in [-0.39, 0.29) is 42.5 Å². The fourth-order valence-electron chi connectivity index (χ4n) is 4.32. The number of halogens is 3. The first-order valence-corrected chi connectivity index (χ1v) is 10.8. The summed E-state index contributed by atoms with van der Waals surface area (Å²) in [5.41, 5.74) is 0.467. The van der Waals surface area contributed by atoms with Gasteiger partial charge in [0.2, 0.25) is 0 Å². The van der Waals surface area contributed by atoms with E-state index in [1.807, 2.05) is 0 Å². The topological polar surface area (TPSA) is 83.5 Å². The summed E-state index contributed by atoms with van der Waals surface area (Å²) in [6.45, 7) is 12.9. The molecule has 1 N–H and O–H groups in total. The molecule has 0 spiro atoms.